The van der Waals surface area contributed by atoms with E-state index < -0.39 is 5.91 Å². The topological polar surface area (TPSA) is 84.2 Å². The molecule has 1 N–H and O–H groups in total. The molecule has 1 heterocycles. The summed E-state index contributed by atoms with van der Waals surface area (Å²) in [5, 5.41) is 14.1. The zero-order valence-corrected chi connectivity index (χ0v) is 18.2. The predicted octanol–water partition coefficient (Wildman–Crippen LogP) is 5.15. The van der Waals surface area contributed by atoms with Crippen molar-refractivity contribution < 1.29 is 14.3 Å². The number of aromatic nitrogens is 1. The summed E-state index contributed by atoms with van der Waals surface area (Å²) >= 11 is 1.29. The van der Waals surface area contributed by atoms with E-state index in [1.165, 1.54) is 28.5 Å². The van der Waals surface area contributed by atoms with Gasteiger partial charge in [0.15, 0.2) is 5.13 Å². The smallest absolute Gasteiger partial charge is 0.268 e. The second-order valence-corrected chi connectivity index (χ2v) is 7.80. The molecule has 0 atom stereocenters. The van der Waals surface area contributed by atoms with Crippen LogP contribution in [0.1, 0.15) is 23.1 Å². The first-order valence-electron chi connectivity index (χ1n) is 9.80. The van der Waals surface area contributed by atoms with E-state index >= 15 is 0 Å². The van der Waals surface area contributed by atoms with Gasteiger partial charge < -0.3 is 9.47 Å². The van der Waals surface area contributed by atoms with Crippen molar-refractivity contribution in [3.8, 4) is 17.6 Å². The first-order chi connectivity index (χ1) is 15.0. The SMILES string of the molecule is Cc1cc(C)cc(OCCCOc2ccc(/C=C(/C#N)C(=O)Nc3nccs3)cc2)c1. The first kappa shape index (κ1) is 22.1. The Morgan fingerprint density at radius 1 is 1.10 bits per heavy atom. The molecule has 0 saturated carbocycles. The molecule has 0 spiro atoms. The number of nitrogens with one attached hydrogen (secondary N) is 1. The zero-order chi connectivity index (χ0) is 22.1. The molecule has 7 heteroatoms. The normalized spacial score (nSPS) is 10.9. The summed E-state index contributed by atoms with van der Waals surface area (Å²) in [6, 6.07) is 15.3. The van der Waals surface area contributed by atoms with Crippen molar-refractivity contribution in [2.45, 2.75) is 20.3 Å². The van der Waals surface area contributed by atoms with Gasteiger partial charge in [0, 0.05) is 18.0 Å². The van der Waals surface area contributed by atoms with Crippen LogP contribution in [-0.4, -0.2) is 24.1 Å². The molecule has 0 aliphatic carbocycles. The van der Waals surface area contributed by atoms with Crippen LogP contribution in [0.4, 0.5) is 5.13 Å². The molecule has 3 rings (SSSR count). The number of hydrogen-bond acceptors (Lipinski definition) is 6. The molecule has 0 unspecified atom stereocenters. The van der Waals surface area contributed by atoms with Crippen LogP contribution in [0.2, 0.25) is 0 Å². The van der Waals surface area contributed by atoms with Gasteiger partial charge in [-0.1, -0.05) is 18.2 Å². The standard InChI is InChI=1S/C24H23N3O3S/c1-17-12-18(2)14-22(13-17)30-10-3-9-29-21-6-4-19(5-7-21)15-20(16-25)23(28)27-24-26-8-11-31-24/h4-8,11-15H,3,9-10H2,1-2H3,(H,26,27,28)/b20-15-. The van der Waals surface area contributed by atoms with Crippen molar-refractivity contribution in [3.05, 3.63) is 76.3 Å². The van der Waals surface area contributed by atoms with Crippen LogP contribution >= 0.6 is 11.3 Å². The van der Waals surface area contributed by atoms with Gasteiger partial charge in [-0.05, 0) is 60.9 Å². The average molecular weight is 434 g/mol. The van der Waals surface area contributed by atoms with E-state index in [1.54, 1.807) is 23.7 Å². The van der Waals surface area contributed by atoms with Crippen molar-refractivity contribution >= 4 is 28.5 Å². The van der Waals surface area contributed by atoms with Crippen LogP contribution in [0.3, 0.4) is 0 Å². The third-order valence-electron chi connectivity index (χ3n) is 4.23. The lowest BCUT2D eigenvalue weighted by Crippen LogP contribution is -2.13. The van der Waals surface area contributed by atoms with E-state index in [2.05, 4.69) is 30.2 Å². The van der Waals surface area contributed by atoms with Gasteiger partial charge in [0.2, 0.25) is 0 Å². The van der Waals surface area contributed by atoms with Crippen molar-refractivity contribution in [3.63, 3.8) is 0 Å². The van der Waals surface area contributed by atoms with Crippen LogP contribution in [0, 0.1) is 25.2 Å². The molecule has 158 valence electrons. The molecule has 0 aliphatic rings. The summed E-state index contributed by atoms with van der Waals surface area (Å²) in [5.74, 6) is 1.11. The number of nitrogens with zero attached hydrogens (tertiary/aromatic N) is 2. The van der Waals surface area contributed by atoms with E-state index in [-0.39, 0.29) is 5.57 Å². The molecule has 31 heavy (non-hydrogen) atoms. The highest BCUT2D eigenvalue weighted by Crippen LogP contribution is 2.18. The van der Waals surface area contributed by atoms with Crippen LogP contribution in [-0.2, 0) is 4.79 Å². The van der Waals surface area contributed by atoms with E-state index in [0.29, 0.717) is 24.1 Å². The van der Waals surface area contributed by atoms with Gasteiger partial charge in [0.05, 0.1) is 13.2 Å². The Balaban J connectivity index is 1.46. The molecule has 0 fully saturated rings. The lowest BCUT2D eigenvalue weighted by molar-refractivity contribution is -0.112. The lowest BCUT2D eigenvalue weighted by atomic mass is 10.1. The Bertz CT molecular complexity index is 1060. The van der Waals surface area contributed by atoms with Gasteiger partial charge in [0.25, 0.3) is 5.91 Å². The third-order valence-corrected chi connectivity index (χ3v) is 4.92. The number of aryl methyl sites for hydroxylation is 2. The molecule has 1 aromatic heterocycles. The van der Waals surface area contributed by atoms with Gasteiger partial charge in [-0.15, -0.1) is 11.3 Å². The van der Waals surface area contributed by atoms with Crippen LogP contribution in [0.25, 0.3) is 6.08 Å². The molecule has 0 bridgehead atoms. The zero-order valence-electron chi connectivity index (χ0n) is 17.4. The van der Waals surface area contributed by atoms with E-state index in [4.69, 9.17) is 9.47 Å². The Morgan fingerprint density at radius 3 is 2.39 bits per heavy atom. The summed E-state index contributed by atoms with van der Waals surface area (Å²) in [4.78, 5) is 16.2. The van der Waals surface area contributed by atoms with Gasteiger partial charge in [-0.25, -0.2) is 4.98 Å². The molecular weight excluding hydrogens is 410 g/mol. The highest BCUT2D eigenvalue weighted by molar-refractivity contribution is 7.13. The van der Waals surface area contributed by atoms with Gasteiger partial charge in [-0.3, -0.25) is 10.1 Å². The summed E-state index contributed by atoms with van der Waals surface area (Å²) in [6.07, 6.45) is 3.87. The van der Waals surface area contributed by atoms with Gasteiger partial charge in [0.1, 0.15) is 23.1 Å². The molecule has 1 amide bonds. The largest absolute Gasteiger partial charge is 0.493 e. The van der Waals surface area contributed by atoms with E-state index in [9.17, 15) is 10.1 Å². The first-order valence-corrected chi connectivity index (χ1v) is 10.7. The number of anilines is 1. The Morgan fingerprint density at radius 2 is 1.77 bits per heavy atom. The number of thiazole rings is 1. The van der Waals surface area contributed by atoms with Gasteiger partial charge >= 0.3 is 0 Å². The lowest BCUT2D eigenvalue weighted by Gasteiger charge is -2.09. The molecule has 6 nitrogen and oxygen atoms in total. The second kappa shape index (κ2) is 11.0. The number of benzene rings is 2. The molecule has 0 radical (unpaired) electrons. The minimum Gasteiger partial charge on any atom is -0.493 e. The summed E-state index contributed by atoms with van der Waals surface area (Å²) in [6.45, 7) is 5.20. The third kappa shape index (κ3) is 6.98. The molecule has 3 aromatic rings. The highest BCUT2D eigenvalue weighted by atomic mass is 32.1. The fraction of sp³-hybridized carbons (Fsp3) is 0.208. The van der Waals surface area contributed by atoms with Crippen LogP contribution in [0.5, 0.6) is 11.5 Å². The van der Waals surface area contributed by atoms with Crippen molar-refractivity contribution in [1.29, 1.82) is 5.26 Å². The number of ether oxygens (including phenoxy) is 2. The fourth-order valence-corrected chi connectivity index (χ4v) is 3.40. The Labute approximate surface area is 185 Å². The number of rotatable bonds is 9. The molecule has 2 aromatic carbocycles. The predicted molar refractivity (Wildman–Crippen MR) is 122 cm³/mol. The number of carbonyl (C=O) groups excluding carboxylic acids is 1. The maximum Gasteiger partial charge on any atom is 0.268 e. The summed E-state index contributed by atoms with van der Waals surface area (Å²) in [5.41, 5.74) is 3.10. The second-order valence-electron chi connectivity index (χ2n) is 6.90. The fourth-order valence-electron chi connectivity index (χ4n) is 2.88. The van der Waals surface area contributed by atoms with Crippen LogP contribution < -0.4 is 14.8 Å². The maximum atomic E-state index is 12.2. The minimum atomic E-state index is -0.485. The van der Waals surface area contributed by atoms with Crippen molar-refractivity contribution in [2.75, 3.05) is 18.5 Å². The summed E-state index contributed by atoms with van der Waals surface area (Å²) in [7, 11) is 0. The average Bonchev–Trinajstić information content (AvgIpc) is 3.25. The van der Waals surface area contributed by atoms with E-state index in [0.717, 1.165) is 17.7 Å². The van der Waals surface area contributed by atoms with Gasteiger partial charge in [-0.2, -0.15) is 5.26 Å². The molecule has 0 aliphatic heterocycles. The number of carbonyl (C=O) groups is 1. The van der Waals surface area contributed by atoms with Crippen molar-refractivity contribution in [2.24, 2.45) is 0 Å². The van der Waals surface area contributed by atoms with Crippen molar-refractivity contribution in [1.82, 2.24) is 4.98 Å². The highest BCUT2D eigenvalue weighted by Gasteiger charge is 2.10. The monoisotopic (exact) mass is 433 g/mol. The summed E-state index contributed by atoms with van der Waals surface area (Å²) < 4.78 is 11.5. The quantitative estimate of drug-likeness (QED) is 0.286. The number of nitriles is 1. The number of hydrogen-bond donors (Lipinski definition) is 1. The maximum absolute atomic E-state index is 12.2. The van der Waals surface area contributed by atoms with Crippen LogP contribution in [0.15, 0.2) is 59.6 Å². The van der Waals surface area contributed by atoms with E-state index in [1.807, 2.05) is 30.3 Å². The Kier molecular flexibility index (Phi) is 7.79. The molecule has 0 saturated heterocycles. The Hall–Kier alpha value is -3.63. The minimum absolute atomic E-state index is 0.00685. The molecular formula is C24H23N3O3S. The number of amides is 1.